The highest BCUT2D eigenvalue weighted by molar-refractivity contribution is 6.00. The van der Waals surface area contributed by atoms with Gasteiger partial charge in [0.2, 0.25) is 17.7 Å². The van der Waals surface area contributed by atoms with Crippen molar-refractivity contribution < 1.29 is 18.8 Å². The highest BCUT2D eigenvalue weighted by Gasteiger charge is 2.35. The monoisotopic (exact) mass is 487 g/mol. The highest BCUT2D eigenvalue weighted by Crippen LogP contribution is 2.28. The zero-order valence-electron chi connectivity index (χ0n) is 20.5. The molecular formula is C29H30FN3O3. The molecule has 0 atom stereocenters. The van der Waals surface area contributed by atoms with E-state index < -0.39 is 11.7 Å². The molecule has 1 aliphatic heterocycles. The maximum absolute atomic E-state index is 14.0. The molecule has 6 nitrogen and oxygen atoms in total. The highest BCUT2D eigenvalue weighted by atomic mass is 19.1. The Balaban J connectivity index is 1.55. The number of carbonyl (C=O) groups is 3. The van der Waals surface area contributed by atoms with Gasteiger partial charge in [0, 0.05) is 12.2 Å². The van der Waals surface area contributed by atoms with E-state index in [1.807, 2.05) is 74.5 Å². The maximum Gasteiger partial charge on any atom is 0.248 e. The molecule has 0 radical (unpaired) electrons. The molecule has 0 aromatic heterocycles. The van der Waals surface area contributed by atoms with Crippen molar-refractivity contribution in [2.24, 2.45) is 5.92 Å². The molecule has 1 heterocycles. The summed E-state index contributed by atoms with van der Waals surface area (Å²) in [4.78, 5) is 44.4. The normalized spacial score (nSPS) is 13.5. The number of rotatable bonds is 8. The number of nitrogens with zero attached hydrogens (tertiary/aromatic N) is 3. The van der Waals surface area contributed by atoms with Gasteiger partial charge in [-0.1, -0.05) is 74.5 Å². The van der Waals surface area contributed by atoms with Crippen LogP contribution in [0.2, 0.25) is 0 Å². The largest absolute Gasteiger partial charge is 0.332 e. The number of anilines is 1. The molecule has 1 aliphatic rings. The van der Waals surface area contributed by atoms with E-state index in [4.69, 9.17) is 0 Å². The first-order valence-corrected chi connectivity index (χ1v) is 12.1. The van der Waals surface area contributed by atoms with Gasteiger partial charge in [-0.25, -0.2) is 4.39 Å². The Morgan fingerprint density at radius 1 is 0.889 bits per heavy atom. The quantitative estimate of drug-likeness (QED) is 0.477. The fourth-order valence-electron chi connectivity index (χ4n) is 4.45. The SMILES string of the molecule is CC(C)CN(CC(=O)N1CC(=O)N(c2ccc(F)cc2)C1)C(=O)C(c1ccccc1)c1ccccc1. The van der Waals surface area contributed by atoms with Crippen LogP contribution < -0.4 is 4.90 Å². The molecule has 1 saturated heterocycles. The van der Waals surface area contributed by atoms with Crippen molar-refractivity contribution in [3.8, 4) is 0 Å². The van der Waals surface area contributed by atoms with Crippen LogP contribution in [-0.2, 0) is 14.4 Å². The second kappa shape index (κ2) is 11.2. The number of amides is 3. The predicted molar refractivity (Wildman–Crippen MR) is 137 cm³/mol. The van der Waals surface area contributed by atoms with Gasteiger partial charge in [0.05, 0.1) is 12.5 Å². The van der Waals surface area contributed by atoms with E-state index in [-0.39, 0.29) is 43.4 Å². The third-order valence-corrected chi connectivity index (χ3v) is 6.17. The Kier molecular flexibility index (Phi) is 7.78. The van der Waals surface area contributed by atoms with Crippen LogP contribution >= 0.6 is 0 Å². The second-order valence-corrected chi connectivity index (χ2v) is 9.40. The predicted octanol–water partition coefficient (Wildman–Crippen LogP) is 4.28. The van der Waals surface area contributed by atoms with Gasteiger partial charge in [-0.3, -0.25) is 19.3 Å². The fraction of sp³-hybridized carbons (Fsp3) is 0.276. The molecule has 0 aliphatic carbocycles. The lowest BCUT2D eigenvalue weighted by Crippen LogP contribution is -2.45. The van der Waals surface area contributed by atoms with Crippen LogP contribution in [0, 0.1) is 11.7 Å². The fourth-order valence-corrected chi connectivity index (χ4v) is 4.45. The number of benzene rings is 3. The average Bonchev–Trinajstić information content (AvgIpc) is 3.27. The Labute approximate surface area is 210 Å². The molecule has 36 heavy (non-hydrogen) atoms. The Bertz CT molecular complexity index is 1160. The average molecular weight is 488 g/mol. The van der Waals surface area contributed by atoms with Crippen molar-refractivity contribution in [1.29, 1.82) is 0 Å². The first-order valence-electron chi connectivity index (χ1n) is 12.1. The lowest BCUT2D eigenvalue weighted by Gasteiger charge is -2.30. The lowest BCUT2D eigenvalue weighted by atomic mass is 9.89. The number of halogens is 1. The van der Waals surface area contributed by atoms with Gasteiger partial charge in [0.15, 0.2) is 0 Å². The minimum Gasteiger partial charge on any atom is -0.332 e. The summed E-state index contributed by atoms with van der Waals surface area (Å²) in [6.45, 7) is 4.26. The van der Waals surface area contributed by atoms with Gasteiger partial charge in [-0.15, -0.1) is 0 Å². The number of hydrogen-bond acceptors (Lipinski definition) is 3. The summed E-state index contributed by atoms with van der Waals surface area (Å²) in [6, 6.07) is 24.7. The van der Waals surface area contributed by atoms with E-state index in [1.165, 1.54) is 34.1 Å². The molecule has 3 amide bonds. The summed E-state index contributed by atoms with van der Waals surface area (Å²) in [5.74, 6) is -1.51. The van der Waals surface area contributed by atoms with Crippen LogP contribution in [0.15, 0.2) is 84.9 Å². The summed E-state index contributed by atoms with van der Waals surface area (Å²) in [6.07, 6.45) is 0. The molecular weight excluding hydrogens is 457 g/mol. The Hall–Kier alpha value is -4.00. The van der Waals surface area contributed by atoms with Crippen LogP contribution in [0.5, 0.6) is 0 Å². The summed E-state index contributed by atoms with van der Waals surface area (Å²) in [5.41, 5.74) is 2.24. The third-order valence-electron chi connectivity index (χ3n) is 6.17. The van der Waals surface area contributed by atoms with E-state index in [2.05, 4.69) is 0 Å². The molecule has 0 N–H and O–H groups in total. The van der Waals surface area contributed by atoms with Crippen molar-refractivity contribution >= 4 is 23.4 Å². The van der Waals surface area contributed by atoms with Crippen molar-refractivity contribution in [2.75, 3.05) is 31.2 Å². The molecule has 7 heteroatoms. The molecule has 4 rings (SSSR count). The van der Waals surface area contributed by atoms with Crippen LogP contribution in [0.1, 0.15) is 30.9 Å². The van der Waals surface area contributed by atoms with Crippen LogP contribution in [-0.4, -0.2) is 53.8 Å². The zero-order valence-corrected chi connectivity index (χ0v) is 20.5. The minimum absolute atomic E-state index is 0.0633. The van der Waals surface area contributed by atoms with Gasteiger partial charge >= 0.3 is 0 Å². The zero-order chi connectivity index (χ0) is 25.7. The molecule has 0 unspecified atom stereocenters. The molecule has 3 aromatic rings. The van der Waals surface area contributed by atoms with E-state index >= 15 is 0 Å². The van der Waals surface area contributed by atoms with Gasteiger partial charge in [-0.2, -0.15) is 0 Å². The van der Waals surface area contributed by atoms with E-state index in [1.54, 1.807) is 4.90 Å². The van der Waals surface area contributed by atoms with E-state index in [0.717, 1.165) is 11.1 Å². The third kappa shape index (κ3) is 5.79. The van der Waals surface area contributed by atoms with Crippen molar-refractivity contribution in [3.63, 3.8) is 0 Å². The number of hydrogen-bond donors (Lipinski definition) is 0. The van der Waals surface area contributed by atoms with E-state index in [0.29, 0.717) is 12.2 Å². The van der Waals surface area contributed by atoms with Crippen LogP contribution in [0.4, 0.5) is 10.1 Å². The summed E-state index contributed by atoms with van der Waals surface area (Å²) < 4.78 is 13.3. The summed E-state index contributed by atoms with van der Waals surface area (Å²) in [7, 11) is 0. The van der Waals surface area contributed by atoms with E-state index in [9.17, 15) is 18.8 Å². The Morgan fingerprint density at radius 3 is 1.97 bits per heavy atom. The summed E-state index contributed by atoms with van der Waals surface area (Å²) >= 11 is 0. The van der Waals surface area contributed by atoms with Crippen molar-refractivity contribution in [3.05, 3.63) is 102 Å². The molecule has 1 fully saturated rings. The topological polar surface area (TPSA) is 60.9 Å². The van der Waals surface area contributed by atoms with Crippen LogP contribution in [0.3, 0.4) is 0 Å². The molecule has 0 spiro atoms. The van der Waals surface area contributed by atoms with Crippen molar-refractivity contribution in [2.45, 2.75) is 19.8 Å². The summed E-state index contributed by atoms with van der Waals surface area (Å²) in [5, 5.41) is 0. The standard InChI is InChI=1S/C29H30FN3O3/c1-21(2)17-31(29(36)28(22-9-5-3-6-10-22)23-11-7-4-8-12-23)18-26(34)32-19-27(35)33(20-32)25-15-13-24(30)14-16-25/h3-16,21,28H,17-20H2,1-2H3. The maximum atomic E-state index is 14.0. The molecule has 186 valence electrons. The number of carbonyl (C=O) groups excluding carboxylic acids is 3. The second-order valence-electron chi connectivity index (χ2n) is 9.40. The molecule has 0 saturated carbocycles. The van der Waals surface area contributed by atoms with Crippen LogP contribution in [0.25, 0.3) is 0 Å². The van der Waals surface area contributed by atoms with Gasteiger partial charge in [0.1, 0.15) is 19.0 Å². The van der Waals surface area contributed by atoms with Gasteiger partial charge in [-0.05, 0) is 41.3 Å². The lowest BCUT2D eigenvalue weighted by molar-refractivity contribution is -0.141. The first-order chi connectivity index (χ1) is 17.3. The molecule has 0 bridgehead atoms. The smallest absolute Gasteiger partial charge is 0.248 e. The first kappa shape index (κ1) is 25.1. The minimum atomic E-state index is -0.546. The van der Waals surface area contributed by atoms with Gasteiger partial charge in [0.25, 0.3) is 0 Å². The molecule has 3 aromatic carbocycles. The Morgan fingerprint density at radius 2 is 1.44 bits per heavy atom. The van der Waals surface area contributed by atoms with Gasteiger partial charge < -0.3 is 9.80 Å². The van der Waals surface area contributed by atoms with Crippen molar-refractivity contribution in [1.82, 2.24) is 9.80 Å².